The molecule has 2 heterocycles. The lowest BCUT2D eigenvalue weighted by Crippen LogP contribution is -2.30. The highest BCUT2D eigenvalue weighted by Crippen LogP contribution is 2.22. The van der Waals surface area contributed by atoms with Gasteiger partial charge in [-0.3, -0.25) is 4.79 Å². The van der Waals surface area contributed by atoms with Crippen LogP contribution in [-0.2, 0) is 9.84 Å². The maximum absolute atomic E-state index is 12.2. The maximum Gasteiger partial charge on any atom is 0.267 e. The van der Waals surface area contributed by atoms with Gasteiger partial charge in [-0.2, -0.15) is 0 Å². The van der Waals surface area contributed by atoms with Gasteiger partial charge >= 0.3 is 0 Å². The number of carbonyl (C=O) groups excluding carboxylic acids is 1. The Morgan fingerprint density at radius 1 is 1.32 bits per heavy atom. The molecular weight excluding hydrogens is 300 g/mol. The molecule has 1 aromatic heterocycles. The van der Waals surface area contributed by atoms with E-state index in [-0.39, 0.29) is 23.3 Å². The van der Waals surface area contributed by atoms with E-state index in [2.05, 4.69) is 16.4 Å². The van der Waals surface area contributed by atoms with Gasteiger partial charge in [0.2, 0.25) is 0 Å². The van der Waals surface area contributed by atoms with Gasteiger partial charge in [-0.1, -0.05) is 6.07 Å². The summed E-state index contributed by atoms with van der Waals surface area (Å²) in [4.78, 5) is 15.4. The highest BCUT2D eigenvalue weighted by molar-refractivity contribution is 7.91. The third kappa shape index (κ3) is 3.02. The lowest BCUT2D eigenvalue weighted by Gasteiger charge is -2.08. The number of hydrogen-bond donors (Lipinski definition) is 2. The number of aryl methyl sites for hydroxylation is 2. The molecule has 0 spiro atoms. The number of H-pyrrole nitrogens is 1. The fourth-order valence-electron chi connectivity index (χ4n) is 3.09. The molecule has 0 unspecified atom stereocenters. The van der Waals surface area contributed by atoms with Gasteiger partial charge in [0.15, 0.2) is 9.84 Å². The Morgan fingerprint density at radius 2 is 2.09 bits per heavy atom. The highest BCUT2D eigenvalue weighted by Gasteiger charge is 2.28. The molecule has 0 saturated carbocycles. The molecule has 1 saturated heterocycles. The van der Waals surface area contributed by atoms with Crippen LogP contribution in [0.3, 0.4) is 0 Å². The molecule has 2 aromatic rings. The second-order valence-electron chi connectivity index (χ2n) is 6.21. The van der Waals surface area contributed by atoms with Crippen LogP contribution in [-0.4, -0.2) is 37.4 Å². The van der Waals surface area contributed by atoms with Crippen molar-refractivity contribution in [2.45, 2.75) is 20.3 Å². The van der Waals surface area contributed by atoms with Gasteiger partial charge in [0, 0.05) is 17.4 Å². The third-order valence-corrected chi connectivity index (χ3v) is 6.05. The van der Waals surface area contributed by atoms with Crippen molar-refractivity contribution in [1.29, 1.82) is 0 Å². The van der Waals surface area contributed by atoms with Crippen LogP contribution < -0.4 is 5.32 Å². The molecule has 1 atom stereocenters. The second-order valence-corrected chi connectivity index (χ2v) is 8.43. The van der Waals surface area contributed by atoms with Gasteiger partial charge in [0.1, 0.15) is 5.69 Å². The SMILES string of the molecule is Cc1cc(C)c2cc(C(=O)NC[C@H]3CCS(=O)(=O)C3)[nH]c2c1. The topological polar surface area (TPSA) is 79.0 Å². The molecule has 1 aliphatic heterocycles. The molecule has 0 radical (unpaired) electrons. The lowest BCUT2D eigenvalue weighted by atomic mass is 10.1. The summed E-state index contributed by atoms with van der Waals surface area (Å²) in [7, 11) is -2.90. The van der Waals surface area contributed by atoms with Crippen molar-refractivity contribution >= 4 is 26.6 Å². The van der Waals surface area contributed by atoms with Crippen molar-refractivity contribution in [1.82, 2.24) is 10.3 Å². The quantitative estimate of drug-likeness (QED) is 0.907. The minimum absolute atomic E-state index is 0.0299. The van der Waals surface area contributed by atoms with Crippen LogP contribution in [0.25, 0.3) is 10.9 Å². The van der Waals surface area contributed by atoms with E-state index in [0.29, 0.717) is 18.7 Å². The Hall–Kier alpha value is -1.82. The van der Waals surface area contributed by atoms with E-state index in [1.807, 2.05) is 26.0 Å². The number of fused-ring (bicyclic) bond motifs is 1. The highest BCUT2D eigenvalue weighted by atomic mass is 32.2. The molecule has 22 heavy (non-hydrogen) atoms. The minimum atomic E-state index is -2.90. The number of benzene rings is 1. The van der Waals surface area contributed by atoms with Crippen LogP contribution in [0.1, 0.15) is 28.0 Å². The number of aromatic amines is 1. The fraction of sp³-hybridized carbons (Fsp3) is 0.438. The number of hydrogen-bond acceptors (Lipinski definition) is 3. The molecule has 1 amide bonds. The average molecular weight is 320 g/mol. The van der Waals surface area contributed by atoms with Crippen LogP contribution in [0.2, 0.25) is 0 Å². The van der Waals surface area contributed by atoms with E-state index in [1.165, 1.54) is 0 Å². The van der Waals surface area contributed by atoms with Crippen molar-refractivity contribution < 1.29 is 13.2 Å². The smallest absolute Gasteiger partial charge is 0.267 e. The molecular formula is C16H20N2O3S. The summed E-state index contributed by atoms with van der Waals surface area (Å²) < 4.78 is 22.8. The predicted octanol–water partition coefficient (Wildman–Crippen LogP) is 1.95. The summed E-state index contributed by atoms with van der Waals surface area (Å²) >= 11 is 0. The standard InChI is InChI=1S/C16H20N2O3S/c1-10-5-11(2)13-7-15(18-14(13)6-10)16(19)17-8-12-3-4-22(20,21)9-12/h5-7,12,18H,3-4,8-9H2,1-2H3,(H,17,19)/t12-/m1/s1. The second kappa shape index (κ2) is 5.43. The zero-order valence-corrected chi connectivity index (χ0v) is 13.6. The molecule has 2 N–H and O–H groups in total. The van der Waals surface area contributed by atoms with Crippen molar-refractivity contribution in [3.05, 3.63) is 35.0 Å². The van der Waals surface area contributed by atoms with E-state index in [4.69, 9.17) is 0 Å². The molecule has 118 valence electrons. The summed E-state index contributed by atoms with van der Waals surface area (Å²) in [6, 6.07) is 5.95. The first-order valence-electron chi connectivity index (χ1n) is 7.43. The first kappa shape index (κ1) is 15.1. The van der Waals surface area contributed by atoms with E-state index >= 15 is 0 Å². The van der Waals surface area contributed by atoms with Crippen molar-refractivity contribution in [3.63, 3.8) is 0 Å². The van der Waals surface area contributed by atoms with E-state index in [1.54, 1.807) is 0 Å². The monoisotopic (exact) mass is 320 g/mol. The van der Waals surface area contributed by atoms with Crippen molar-refractivity contribution in [2.75, 3.05) is 18.1 Å². The Bertz CT molecular complexity index is 836. The molecule has 3 rings (SSSR count). The van der Waals surface area contributed by atoms with Crippen molar-refractivity contribution in [2.24, 2.45) is 5.92 Å². The van der Waals surface area contributed by atoms with Gasteiger partial charge in [0.25, 0.3) is 5.91 Å². The molecule has 6 heteroatoms. The van der Waals surface area contributed by atoms with E-state index in [0.717, 1.165) is 22.0 Å². The summed E-state index contributed by atoms with van der Waals surface area (Å²) in [6.07, 6.45) is 0.633. The minimum Gasteiger partial charge on any atom is -0.351 e. The van der Waals surface area contributed by atoms with Crippen LogP contribution in [0.4, 0.5) is 0 Å². The predicted molar refractivity (Wildman–Crippen MR) is 86.9 cm³/mol. The lowest BCUT2D eigenvalue weighted by molar-refractivity contribution is 0.0944. The van der Waals surface area contributed by atoms with Crippen LogP contribution in [0, 0.1) is 19.8 Å². The molecule has 1 aromatic carbocycles. The Labute approximate surface area is 130 Å². The van der Waals surface area contributed by atoms with Gasteiger partial charge in [0.05, 0.1) is 11.5 Å². The number of nitrogens with one attached hydrogen (secondary N) is 2. The normalized spacial score (nSPS) is 20.4. The number of rotatable bonds is 3. The fourth-order valence-corrected chi connectivity index (χ4v) is 4.95. The van der Waals surface area contributed by atoms with Gasteiger partial charge in [-0.25, -0.2) is 8.42 Å². The molecule has 1 fully saturated rings. The van der Waals surface area contributed by atoms with Crippen LogP contribution >= 0.6 is 0 Å². The Kier molecular flexibility index (Phi) is 3.72. The Balaban J connectivity index is 1.71. The van der Waals surface area contributed by atoms with E-state index < -0.39 is 9.84 Å². The number of carbonyl (C=O) groups is 1. The molecule has 0 aliphatic carbocycles. The largest absolute Gasteiger partial charge is 0.351 e. The van der Waals surface area contributed by atoms with Gasteiger partial charge in [-0.15, -0.1) is 0 Å². The molecule has 0 bridgehead atoms. The third-order valence-electron chi connectivity index (χ3n) is 4.21. The molecule has 1 aliphatic rings. The molecule has 5 nitrogen and oxygen atoms in total. The van der Waals surface area contributed by atoms with Crippen molar-refractivity contribution in [3.8, 4) is 0 Å². The first-order chi connectivity index (χ1) is 10.3. The van der Waals surface area contributed by atoms with E-state index in [9.17, 15) is 13.2 Å². The first-order valence-corrected chi connectivity index (χ1v) is 9.25. The number of aromatic nitrogens is 1. The zero-order chi connectivity index (χ0) is 15.9. The van der Waals surface area contributed by atoms with Gasteiger partial charge in [-0.05, 0) is 49.4 Å². The van der Waals surface area contributed by atoms with Crippen LogP contribution in [0.5, 0.6) is 0 Å². The number of sulfone groups is 1. The summed E-state index contributed by atoms with van der Waals surface area (Å²) in [5.74, 6) is 0.260. The Morgan fingerprint density at radius 3 is 2.77 bits per heavy atom. The zero-order valence-electron chi connectivity index (χ0n) is 12.8. The summed E-state index contributed by atoms with van der Waals surface area (Å²) in [5, 5.41) is 3.88. The van der Waals surface area contributed by atoms with Gasteiger partial charge < -0.3 is 10.3 Å². The number of amides is 1. The summed E-state index contributed by atoms with van der Waals surface area (Å²) in [6.45, 7) is 4.45. The summed E-state index contributed by atoms with van der Waals surface area (Å²) in [5.41, 5.74) is 3.75. The van der Waals surface area contributed by atoms with Crippen LogP contribution in [0.15, 0.2) is 18.2 Å². The average Bonchev–Trinajstić information content (AvgIpc) is 2.99. The maximum atomic E-state index is 12.2.